The maximum Gasteiger partial charge on any atom is 0.150 e. The molecule has 0 atom stereocenters. The largest absolute Gasteiger partial charge is 0.298 e. The number of carbonyl (C=O) groups excluding carboxylic acids is 1. The van der Waals surface area contributed by atoms with Crippen LogP contribution >= 0.6 is 0 Å². The van der Waals surface area contributed by atoms with Crippen molar-refractivity contribution in [3.8, 4) is 0 Å². The molecule has 0 N–H and O–H groups in total. The fourth-order valence-corrected chi connectivity index (χ4v) is 1.62. The SMILES string of the molecule is CC(C)c1cc(C=O)c2ccccc2n1. The lowest BCUT2D eigenvalue weighted by Crippen LogP contribution is -1.96. The van der Waals surface area contributed by atoms with Gasteiger partial charge in [-0.25, -0.2) is 0 Å². The Morgan fingerprint density at radius 3 is 2.67 bits per heavy atom. The van der Waals surface area contributed by atoms with Gasteiger partial charge >= 0.3 is 0 Å². The average Bonchev–Trinajstić information content (AvgIpc) is 2.27. The molecule has 2 heteroatoms. The molecule has 0 spiro atoms. The van der Waals surface area contributed by atoms with Crippen molar-refractivity contribution in [3.05, 3.63) is 41.6 Å². The Morgan fingerprint density at radius 2 is 2.00 bits per heavy atom. The molecule has 2 rings (SSSR count). The highest BCUT2D eigenvalue weighted by Gasteiger charge is 2.06. The number of rotatable bonds is 2. The van der Waals surface area contributed by atoms with Crippen molar-refractivity contribution in [2.45, 2.75) is 19.8 Å². The summed E-state index contributed by atoms with van der Waals surface area (Å²) in [7, 11) is 0. The molecule has 0 aliphatic heterocycles. The van der Waals surface area contributed by atoms with E-state index in [1.807, 2.05) is 30.3 Å². The normalized spacial score (nSPS) is 10.9. The summed E-state index contributed by atoms with van der Waals surface area (Å²) in [5, 5.41) is 0.928. The second-order valence-corrected chi connectivity index (χ2v) is 3.93. The van der Waals surface area contributed by atoms with Crippen molar-refractivity contribution >= 4 is 17.2 Å². The number of nitrogens with zero attached hydrogens (tertiary/aromatic N) is 1. The topological polar surface area (TPSA) is 30.0 Å². The molecule has 0 amide bonds. The van der Waals surface area contributed by atoms with Gasteiger partial charge in [0.05, 0.1) is 5.52 Å². The Hall–Kier alpha value is -1.70. The van der Waals surface area contributed by atoms with Crippen molar-refractivity contribution in [2.24, 2.45) is 0 Å². The molecule has 2 aromatic rings. The predicted octanol–water partition coefficient (Wildman–Crippen LogP) is 3.17. The summed E-state index contributed by atoms with van der Waals surface area (Å²) in [6, 6.07) is 9.60. The second-order valence-electron chi connectivity index (χ2n) is 3.93. The molecule has 1 heterocycles. The van der Waals surface area contributed by atoms with Crippen molar-refractivity contribution < 1.29 is 4.79 Å². The van der Waals surface area contributed by atoms with Gasteiger partial charge in [-0.3, -0.25) is 9.78 Å². The standard InChI is InChI=1S/C13H13NO/c1-9(2)13-7-10(8-15)11-5-3-4-6-12(11)14-13/h3-9H,1-2H3. The molecule has 1 aromatic carbocycles. The van der Waals surface area contributed by atoms with Gasteiger partial charge in [-0.2, -0.15) is 0 Å². The van der Waals surface area contributed by atoms with E-state index in [0.717, 1.165) is 28.4 Å². The van der Waals surface area contributed by atoms with E-state index in [9.17, 15) is 4.79 Å². The molecule has 76 valence electrons. The summed E-state index contributed by atoms with van der Waals surface area (Å²) < 4.78 is 0. The van der Waals surface area contributed by atoms with Crippen LogP contribution in [-0.2, 0) is 0 Å². The maximum absolute atomic E-state index is 11.0. The van der Waals surface area contributed by atoms with Gasteiger partial charge in [0.2, 0.25) is 0 Å². The molecule has 0 saturated heterocycles. The lowest BCUT2D eigenvalue weighted by Gasteiger charge is -2.07. The van der Waals surface area contributed by atoms with Crippen LogP contribution in [-0.4, -0.2) is 11.3 Å². The molecule has 0 bridgehead atoms. The summed E-state index contributed by atoms with van der Waals surface area (Å²) in [4.78, 5) is 15.5. The van der Waals surface area contributed by atoms with E-state index in [0.29, 0.717) is 5.92 Å². The van der Waals surface area contributed by atoms with Gasteiger partial charge in [-0.1, -0.05) is 32.0 Å². The monoisotopic (exact) mass is 199 g/mol. The number of hydrogen-bond acceptors (Lipinski definition) is 2. The molecular formula is C13H13NO. The molecule has 0 saturated carbocycles. The minimum absolute atomic E-state index is 0.341. The van der Waals surface area contributed by atoms with E-state index in [1.54, 1.807) is 0 Å². The third-order valence-corrected chi connectivity index (χ3v) is 2.49. The number of pyridine rings is 1. The van der Waals surface area contributed by atoms with E-state index >= 15 is 0 Å². The van der Waals surface area contributed by atoms with Crippen LogP contribution in [0.3, 0.4) is 0 Å². The summed E-state index contributed by atoms with van der Waals surface area (Å²) in [5.41, 5.74) is 2.59. The van der Waals surface area contributed by atoms with E-state index in [-0.39, 0.29) is 0 Å². The van der Waals surface area contributed by atoms with Crippen LogP contribution in [0.1, 0.15) is 35.8 Å². The summed E-state index contributed by atoms with van der Waals surface area (Å²) in [6.07, 6.45) is 0.899. The highest BCUT2D eigenvalue weighted by Crippen LogP contribution is 2.20. The third kappa shape index (κ3) is 1.75. The lowest BCUT2D eigenvalue weighted by atomic mass is 10.0. The van der Waals surface area contributed by atoms with E-state index in [2.05, 4.69) is 18.8 Å². The number of fused-ring (bicyclic) bond motifs is 1. The molecule has 1 aromatic heterocycles. The molecule has 0 radical (unpaired) electrons. The number of hydrogen-bond donors (Lipinski definition) is 0. The van der Waals surface area contributed by atoms with Crippen LogP contribution in [0.2, 0.25) is 0 Å². The highest BCUT2D eigenvalue weighted by molar-refractivity contribution is 5.96. The Kier molecular flexibility index (Phi) is 2.50. The molecule has 0 aliphatic carbocycles. The highest BCUT2D eigenvalue weighted by atomic mass is 16.1. The lowest BCUT2D eigenvalue weighted by molar-refractivity contribution is 0.112. The van der Waals surface area contributed by atoms with Gasteiger partial charge in [-0.05, 0) is 18.1 Å². The van der Waals surface area contributed by atoms with Crippen molar-refractivity contribution in [1.29, 1.82) is 0 Å². The smallest absolute Gasteiger partial charge is 0.150 e. The number of aldehydes is 1. The first-order chi connectivity index (χ1) is 7.22. The predicted molar refractivity (Wildman–Crippen MR) is 61.2 cm³/mol. The van der Waals surface area contributed by atoms with Gasteiger partial charge in [0.15, 0.2) is 6.29 Å². The van der Waals surface area contributed by atoms with Gasteiger partial charge in [-0.15, -0.1) is 0 Å². The minimum atomic E-state index is 0.341. The molecular weight excluding hydrogens is 186 g/mol. The fourth-order valence-electron chi connectivity index (χ4n) is 1.62. The zero-order chi connectivity index (χ0) is 10.8. The van der Waals surface area contributed by atoms with Gasteiger partial charge in [0.1, 0.15) is 0 Å². The number of carbonyl (C=O) groups is 1. The molecule has 2 nitrogen and oxygen atoms in total. The van der Waals surface area contributed by atoms with Crippen LogP contribution in [0.4, 0.5) is 0 Å². The van der Waals surface area contributed by atoms with Crippen LogP contribution in [0.25, 0.3) is 10.9 Å². The van der Waals surface area contributed by atoms with E-state index < -0.39 is 0 Å². The minimum Gasteiger partial charge on any atom is -0.298 e. The molecule has 0 unspecified atom stereocenters. The van der Waals surface area contributed by atoms with E-state index in [4.69, 9.17) is 0 Å². The number of aromatic nitrogens is 1. The molecule has 15 heavy (non-hydrogen) atoms. The first-order valence-corrected chi connectivity index (χ1v) is 5.07. The Morgan fingerprint density at radius 1 is 1.27 bits per heavy atom. The molecule has 0 fully saturated rings. The van der Waals surface area contributed by atoms with Crippen molar-refractivity contribution in [3.63, 3.8) is 0 Å². The van der Waals surface area contributed by atoms with Crippen LogP contribution < -0.4 is 0 Å². The van der Waals surface area contributed by atoms with Crippen molar-refractivity contribution in [1.82, 2.24) is 4.98 Å². The van der Waals surface area contributed by atoms with E-state index in [1.165, 1.54) is 0 Å². The summed E-state index contributed by atoms with van der Waals surface area (Å²) >= 11 is 0. The Labute approximate surface area is 89.0 Å². The number of benzene rings is 1. The zero-order valence-electron chi connectivity index (χ0n) is 8.90. The Bertz CT molecular complexity index is 503. The van der Waals surface area contributed by atoms with Gasteiger partial charge in [0.25, 0.3) is 0 Å². The summed E-state index contributed by atoms with van der Waals surface area (Å²) in [5.74, 6) is 0.341. The maximum atomic E-state index is 11.0. The van der Waals surface area contributed by atoms with Crippen molar-refractivity contribution in [2.75, 3.05) is 0 Å². The van der Waals surface area contributed by atoms with Gasteiger partial charge < -0.3 is 0 Å². The first kappa shape index (κ1) is 9.84. The fraction of sp³-hybridized carbons (Fsp3) is 0.231. The first-order valence-electron chi connectivity index (χ1n) is 5.07. The average molecular weight is 199 g/mol. The molecule has 0 aliphatic rings. The van der Waals surface area contributed by atoms with Gasteiger partial charge in [0, 0.05) is 16.6 Å². The second kappa shape index (κ2) is 3.81. The number of para-hydroxylation sites is 1. The Balaban J connectivity index is 2.77. The zero-order valence-corrected chi connectivity index (χ0v) is 8.90. The van der Waals surface area contributed by atoms with Crippen LogP contribution in [0.5, 0.6) is 0 Å². The van der Waals surface area contributed by atoms with Crippen LogP contribution in [0.15, 0.2) is 30.3 Å². The quantitative estimate of drug-likeness (QED) is 0.695. The van der Waals surface area contributed by atoms with Crippen LogP contribution in [0, 0.1) is 0 Å². The summed E-state index contributed by atoms with van der Waals surface area (Å²) in [6.45, 7) is 4.15. The third-order valence-electron chi connectivity index (χ3n) is 2.49.